The second-order valence-corrected chi connectivity index (χ2v) is 5.70. The zero-order chi connectivity index (χ0) is 16.9. The Morgan fingerprint density at radius 3 is 2.38 bits per heavy atom. The van der Waals surface area contributed by atoms with E-state index in [4.69, 9.17) is 11.6 Å². The van der Waals surface area contributed by atoms with Crippen molar-refractivity contribution in [2.75, 3.05) is 5.32 Å². The summed E-state index contributed by atoms with van der Waals surface area (Å²) >= 11 is 5.87. The van der Waals surface area contributed by atoms with E-state index in [2.05, 4.69) is 22.2 Å². The number of para-hydroxylation sites is 1. The van der Waals surface area contributed by atoms with Crippen LogP contribution in [0.1, 0.15) is 22.8 Å². The maximum absolute atomic E-state index is 12.4. The van der Waals surface area contributed by atoms with Crippen LogP contribution in [-0.4, -0.2) is 15.9 Å². The average molecular weight is 338 g/mol. The highest BCUT2D eigenvalue weighted by Crippen LogP contribution is 2.19. The maximum atomic E-state index is 12.4. The number of anilines is 1. The van der Waals surface area contributed by atoms with E-state index >= 15 is 0 Å². The van der Waals surface area contributed by atoms with Gasteiger partial charge in [-0.25, -0.2) is 9.97 Å². The molecule has 1 N–H and O–H groups in total. The Morgan fingerprint density at radius 2 is 1.71 bits per heavy atom. The minimum atomic E-state index is -0.224. The second kappa shape index (κ2) is 7.23. The van der Waals surface area contributed by atoms with Gasteiger partial charge in [0, 0.05) is 28.7 Å². The molecule has 3 rings (SSSR count). The number of rotatable bonds is 4. The number of amides is 1. The molecule has 0 fully saturated rings. The Morgan fingerprint density at radius 1 is 1.04 bits per heavy atom. The van der Waals surface area contributed by atoms with Crippen molar-refractivity contribution in [2.45, 2.75) is 13.3 Å². The molecule has 0 saturated heterocycles. The monoisotopic (exact) mass is 337 g/mol. The normalized spacial score (nSPS) is 10.4. The third-order valence-corrected chi connectivity index (χ3v) is 3.91. The molecule has 0 aliphatic carbocycles. The lowest BCUT2D eigenvalue weighted by Crippen LogP contribution is -2.14. The molecule has 0 bridgehead atoms. The van der Waals surface area contributed by atoms with E-state index in [0.717, 1.165) is 23.2 Å². The topological polar surface area (TPSA) is 54.9 Å². The molecule has 2 aromatic carbocycles. The quantitative estimate of drug-likeness (QED) is 0.756. The van der Waals surface area contributed by atoms with Gasteiger partial charge in [-0.15, -0.1) is 0 Å². The van der Waals surface area contributed by atoms with Crippen LogP contribution in [0.5, 0.6) is 0 Å². The predicted molar refractivity (Wildman–Crippen MR) is 96.3 cm³/mol. The summed E-state index contributed by atoms with van der Waals surface area (Å²) in [5, 5.41) is 3.56. The van der Waals surface area contributed by atoms with Crippen molar-refractivity contribution in [3.63, 3.8) is 0 Å². The number of nitrogens with zero attached hydrogens (tertiary/aromatic N) is 2. The van der Waals surface area contributed by atoms with Crippen LogP contribution in [0.15, 0.2) is 60.9 Å². The van der Waals surface area contributed by atoms with Gasteiger partial charge in [0.15, 0.2) is 5.82 Å². The van der Waals surface area contributed by atoms with Gasteiger partial charge in [0.1, 0.15) is 0 Å². The number of aromatic nitrogens is 2. The summed E-state index contributed by atoms with van der Waals surface area (Å²) in [6.45, 7) is 2.05. The zero-order valence-electron chi connectivity index (χ0n) is 13.2. The SMILES string of the molecule is CCc1ccccc1NC(=O)c1cnc(-c2ccc(Cl)cc2)nc1. The minimum absolute atomic E-state index is 0.224. The van der Waals surface area contributed by atoms with Gasteiger partial charge in [-0.05, 0) is 42.3 Å². The first-order valence-corrected chi connectivity index (χ1v) is 8.02. The molecule has 0 unspecified atom stereocenters. The average Bonchev–Trinajstić information content (AvgIpc) is 2.63. The van der Waals surface area contributed by atoms with Gasteiger partial charge in [-0.2, -0.15) is 0 Å². The van der Waals surface area contributed by atoms with Gasteiger partial charge < -0.3 is 5.32 Å². The van der Waals surface area contributed by atoms with Gasteiger partial charge in [0.25, 0.3) is 5.91 Å². The number of hydrogen-bond donors (Lipinski definition) is 1. The van der Waals surface area contributed by atoms with Gasteiger partial charge in [0.2, 0.25) is 0 Å². The molecule has 1 heterocycles. The molecule has 0 atom stereocenters. The summed E-state index contributed by atoms with van der Waals surface area (Å²) < 4.78 is 0. The van der Waals surface area contributed by atoms with Crippen molar-refractivity contribution in [2.24, 2.45) is 0 Å². The Bertz CT molecular complexity index is 845. The summed E-state index contributed by atoms with van der Waals surface area (Å²) in [6.07, 6.45) is 3.91. The molecule has 0 radical (unpaired) electrons. The number of carbonyl (C=O) groups excluding carboxylic acids is 1. The molecule has 3 aromatic rings. The first kappa shape index (κ1) is 16.1. The minimum Gasteiger partial charge on any atom is -0.322 e. The van der Waals surface area contributed by atoms with E-state index in [-0.39, 0.29) is 5.91 Å². The summed E-state index contributed by atoms with van der Waals surface area (Å²) in [7, 11) is 0. The van der Waals surface area contributed by atoms with Crippen LogP contribution in [0, 0.1) is 0 Å². The van der Waals surface area contributed by atoms with E-state index < -0.39 is 0 Å². The third-order valence-electron chi connectivity index (χ3n) is 3.66. The molecular weight excluding hydrogens is 322 g/mol. The van der Waals surface area contributed by atoms with Crippen LogP contribution in [0.25, 0.3) is 11.4 Å². The number of aryl methyl sites for hydroxylation is 1. The van der Waals surface area contributed by atoms with E-state index in [0.29, 0.717) is 16.4 Å². The molecule has 5 heteroatoms. The molecular formula is C19H16ClN3O. The number of hydrogen-bond acceptors (Lipinski definition) is 3. The third kappa shape index (κ3) is 3.60. The van der Waals surface area contributed by atoms with E-state index in [9.17, 15) is 4.79 Å². The number of nitrogens with one attached hydrogen (secondary N) is 1. The van der Waals surface area contributed by atoms with Gasteiger partial charge in [-0.3, -0.25) is 4.79 Å². The van der Waals surface area contributed by atoms with Crippen molar-refractivity contribution in [1.82, 2.24) is 9.97 Å². The van der Waals surface area contributed by atoms with Crippen LogP contribution in [0.2, 0.25) is 5.02 Å². The Hall–Kier alpha value is -2.72. The number of halogens is 1. The Balaban J connectivity index is 1.77. The molecule has 4 nitrogen and oxygen atoms in total. The van der Waals surface area contributed by atoms with Crippen molar-refractivity contribution < 1.29 is 4.79 Å². The summed E-state index contributed by atoms with van der Waals surface area (Å²) in [5.41, 5.74) is 3.16. The second-order valence-electron chi connectivity index (χ2n) is 5.27. The lowest BCUT2D eigenvalue weighted by molar-refractivity contribution is 0.102. The highest BCUT2D eigenvalue weighted by atomic mass is 35.5. The van der Waals surface area contributed by atoms with Gasteiger partial charge in [0.05, 0.1) is 5.56 Å². The standard InChI is InChI=1S/C19H16ClN3O/c1-2-13-5-3-4-6-17(13)23-19(24)15-11-21-18(22-12-15)14-7-9-16(20)10-8-14/h3-12H,2H2,1H3,(H,23,24). The lowest BCUT2D eigenvalue weighted by atomic mass is 10.1. The first-order valence-electron chi connectivity index (χ1n) is 7.64. The zero-order valence-corrected chi connectivity index (χ0v) is 13.9. The number of benzene rings is 2. The van der Waals surface area contributed by atoms with Crippen LogP contribution >= 0.6 is 11.6 Å². The molecule has 0 spiro atoms. The van der Waals surface area contributed by atoms with Crippen molar-refractivity contribution in [3.8, 4) is 11.4 Å². The number of carbonyl (C=O) groups is 1. The van der Waals surface area contributed by atoms with Gasteiger partial charge in [-0.1, -0.05) is 36.7 Å². The van der Waals surface area contributed by atoms with Crippen molar-refractivity contribution in [3.05, 3.63) is 77.1 Å². The maximum Gasteiger partial charge on any atom is 0.258 e. The van der Waals surface area contributed by atoms with E-state index in [1.807, 2.05) is 36.4 Å². The van der Waals surface area contributed by atoms with Crippen LogP contribution in [-0.2, 0) is 6.42 Å². The summed E-state index contributed by atoms with van der Waals surface area (Å²) in [6, 6.07) is 15.0. The molecule has 1 amide bonds. The van der Waals surface area contributed by atoms with Crippen molar-refractivity contribution >= 4 is 23.2 Å². The highest BCUT2D eigenvalue weighted by Gasteiger charge is 2.10. The van der Waals surface area contributed by atoms with Crippen LogP contribution < -0.4 is 5.32 Å². The highest BCUT2D eigenvalue weighted by molar-refractivity contribution is 6.30. The van der Waals surface area contributed by atoms with Crippen LogP contribution in [0.4, 0.5) is 5.69 Å². The molecule has 0 aliphatic rings. The van der Waals surface area contributed by atoms with Gasteiger partial charge >= 0.3 is 0 Å². The molecule has 24 heavy (non-hydrogen) atoms. The fraction of sp³-hybridized carbons (Fsp3) is 0.105. The lowest BCUT2D eigenvalue weighted by Gasteiger charge is -2.09. The van der Waals surface area contributed by atoms with E-state index in [1.54, 1.807) is 12.1 Å². The first-order chi connectivity index (χ1) is 11.7. The molecule has 0 saturated carbocycles. The summed E-state index contributed by atoms with van der Waals surface area (Å²) in [5.74, 6) is 0.329. The molecule has 0 aliphatic heterocycles. The van der Waals surface area contributed by atoms with Crippen molar-refractivity contribution in [1.29, 1.82) is 0 Å². The fourth-order valence-corrected chi connectivity index (χ4v) is 2.46. The molecule has 120 valence electrons. The van der Waals surface area contributed by atoms with E-state index in [1.165, 1.54) is 12.4 Å². The largest absolute Gasteiger partial charge is 0.322 e. The molecule has 1 aromatic heterocycles. The smallest absolute Gasteiger partial charge is 0.258 e. The summed E-state index contributed by atoms with van der Waals surface area (Å²) in [4.78, 5) is 20.9. The van der Waals surface area contributed by atoms with Crippen LogP contribution in [0.3, 0.4) is 0 Å². The predicted octanol–water partition coefficient (Wildman–Crippen LogP) is 4.61. The Kier molecular flexibility index (Phi) is 4.87. The Labute approximate surface area is 145 Å². The fourth-order valence-electron chi connectivity index (χ4n) is 2.34.